The number of carbonyl (C=O) groups excluding carboxylic acids is 1. The molecule has 0 radical (unpaired) electrons. The van der Waals surface area contributed by atoms with Crippen molar-refractivity contribution in [3.05, 3.63) is 29.8 Å². The van der Waals surface area contributed by atoms with E-state index in [1.807, 2.05) is 20.8 Å². The van der Waals surface area contributed by atoms with E-state index >= 15 is 0 Å². The Kier molecular flexibility index (Phi) is 3.04. The van der Waals surface area contributed by atoms with Gasteiger partial charge in [-0.3, -0.25) is 15.1 Å². The lowest BCUT2D eigenvalue weighted by molar-refractivity contribution is -0.123. The Morgan fingerprint density at radius 1 is 1.37 bits per heavy atom. The smallest absolute Gasteiger partial charge is 0.260 e. The van der Waals surface area contributed by atoms with Gasteiger partial charge in [-0.2, -0.15) is 0 Å². The molecule has 1 aliphatic rings. The van der Waals surface area contributed by atoms with E-state index in [1.54, 1.807) is 6.92 Å². The van der Waals surface area contributed by atoms with Gasteiger partial charge in [0.25, 0.3) is 5.91 Å². The molecule has 5 nitrogen and oxygen atoms in total. The molecule has 1 aromatic heterocycles. The van der Waals surface area contributed by atoms with Gasteiger partial charge < -0.3 is 5.32 Å². The molecule has 0 fully saturated rings. The topological polar surface area (TPSA) is 66.4 Å². The number of halogens is 1. The predicted molar refractivity (Wildman–Crippen MR) is 70.0 cm³/mol. The fraction of sp³-hybridized carbons (Fsp3) is 0.462. The van der Waals surface area contributed by atoms with Gasteiger partial charge in [-0.1, -0.05) is 0 Å². The number of rotatable bonds is 1. The maximum Gasteiger partial charge on any atom is 0.260 e. The van der Waals surface area contributed by atoms with Crippen LogP contribution < -0.4 is 10.6 Å². The van der Waals surface area contributed by atoms with E-state index in [0.717, 1.165) is 6.20 Å². The number of nitrogens with one attached hydrogen (secondary N) is 2. The summed E-state index contributed by atoms with van der Waals surface area (Å²) in [5, 5.41) is 5.78. The number of hydrogen-bond acceptors (Lipinski definition) is 4. The Balaban J connectivity index is 2.32. The fourth-order valence-corrected chi connectivity index (χ4v) is 1.78. The number of pyridine rings is 1. The van der Waals surface area contributed by atoms with Crippen molar-refractivity contribution >= 4 is 11.9 Å². The average molecular weight is 264 g/mol. The molecule has 1 aliphatic heterocycles. The number of hydrogen-bond donors (Lipinski definition) is 2. The lowest BCUT2D eigenvalue weighted by Crippen LogP contribution is -2.47. The van der Waals surface area contributed by atoms with Crippen molar-refractivity contribution in [2.24, 2.45) is 4.99 Å². The second-order valence-corrected chi connectivity index (χ2v) is 5.72. The molecule has 19 heavy (non-hydrogen) atoms. The number of aliphatic imine (C=N–C) groups is 1. The maximum atomic E-state index is 12.9. The number of aromatic nitrogens is 1. The summed E-state index contributed by atoms with van der Waals surface area (Å²) >= 11 is 0. The summed E-state index contributed by atoms with van der Waals surface area (Å²) in [5.41, 5.74) is -0.924. The van der Waals surface area contributed by atoms with E-state index in [2.05, 4.69) is 20.6 Å². The molecule has 0 bridgehead atoms. The van der Waals surface area contributed by atoms with E-state index in [-0.39, 0.29) is 11.4 Å². The molecule has 2 heterocycles. The first-order valence-electron chi connectivity index (χ1n) is 6.02. The minimum atomic E-state index is -1.12. The van der Waals surface area contributed by atoms with Crippen LogP contribution in [-0.2, 0) is 10.3 Å². The molecule has 1 amide bonds. The van der Waals surface area contributed by atoms with Gasteiger partial charge in [0.05, 0.1) is 11.9 Å². The third kappa shape index (κ3) is 2.72. The van der Waals surface area contributed by atoms with Crippen LogP contribution in [0.2, 0.25) is 0 Å². The Hall–Kier alpha value is -1.98. The number of carbonyl (C=O) groups is 1. The van der Waals surface area contributed by atoms with E-state index < -0.39 is 11.4 Å². The van der Waals surface area contributed by atoms with Gasteiger partial charge in [0.15, 0.2) is 11.5 Å². The van der Waals surface area contributed by atoms with Crippen LogP contribution >= 0.6 is 0 Å². The third-order valence-corrected chi connectivity index (χ3v) is 2.73. The predicted octanol–water partition coefficient (Wildman–Crippen LogP) is 1.31. The molecule has 0 saturated carbocycles. The maximum absolute atomic E-state index is 12.9. The van der Waals surface area contributed by atoms with Crippen molar-refractivity contribution in [2.45, 2.75) is 38.8 Å². The molecule has 102 valence electrons. The van der Waals surface area contributed by atoms with Gasteiger partial charge in [0.2, 0.25) is 0 Å². The minimum absolute atomic E-state index is 0.215. The summed E-state index contributed by atoms with van der Waals surface area (Å²) in [6, 6.07) is 2.74. The van der Waals surface area contributed by atoms with Gasteiger partial charge >= 0.3 is 0 Å². The Labute approximate surface area is 111 Å². The molecule has 0 saturated heterocycles. The molecule has 6 heteroatoms. The van der Waals surface area contributed by atoms with Gasteiger partial charge in [-0.15, -0.1) is 0 Å². The highest BCUT2D eigenvalue weighted by atomic mass is 19.1. The van der Waals surface area contributed by atoms with E-state index in [1.165, 1.54) is 12.1 Å². The normalized spacial score (nSPS) is 23.0. The highest BCUT2D eigenvalue weighted by Gasteiger charge is 2.42. The molecule has 2 N–H and O–H groups in total. The van der Waals surface area contributed by atoms with Crippen molar-refractivity contribution < 1.29 is 9.18 Å². The van der Waals surface area contributed by atoms with E-state index in [0.29, 0.717) is 11.7 Å². The van der Waals surface area contributed by atoms with Crippen molar-refractivity contribution in [1.29, 1.82) is 0 Å². The Morgan fingerprint density at radius 3 is 2.58 bits per heavy atom. The summed E-state index contributed by atoms with van der Waals surface area (Å²) < 4.78 is 12.9. The van der Waals surface area contributed by atoms with Crippen LogP contribution in [0.15, 0.2) is 23.3 Å². The number of guanidine groups is 1. The van der Waals surface area contributed by atoms with Crippen LogP contribution in [0.1, 0.15) is 33.4 Å². The van der Waals surface area contributed by atoms with E-state index in [4.69, 9.17) is 0 Å². The van der Waals surface area contributed by atoms with Crippen molar-refractivity contribution in [1.82, 2.24) is 15.6 Å². The van der Waals surface area contributed by atoms with E-state index in [9.17, 15) is 9.18 Å². The van der Waals surface area contributed by atoms with Gasteiger partial charge in [0, 0.05) is 5.54 Å². The highest BCUT2D eigenvalue weighted by Crippen LogP contribution is 2.27. The number of amides is 1. The molecule has 2 rings (SSSR count). The van der Waals surface area contributed by atoms with Crippen LogP contribution in [0, 0.1) is 5.82 Å². The van der Waals surface area contributed by atoms with Crippen LogP contribution in [0.5, 0.6) is 0 Å². The van der Waals surface area contributed by atoms with Crippen molar-refractivity contribution in [3.63, 3.8) is 0 Å². The largest absolute Gasteiger partial charge is 0.351 e. The third-order valence-electron chi connectivity index (χ3n) is 2.73. The summed E-state index contributed by atoms with van der Waals surface area (Å²) in [6.45, 7) is 7.55. The zero-order valence-electron chi connectivity index (χ0n) is 11.4. The number of nitrogens with zero attached hydrogens (tertiary/aromatic N) is 2. The average Bonchev–Trinajstić information content (AvgIpc) is 2.53. The zero-order chi connectivity index (χ0) is 14.3. The standard InChI is InChI=1S/C13H17FN4O/c1-12(2,3)17-11-16-10(19)13(4,18-11)9-6-5-8(14)7-15-9/h5-7H,1-4H3,(H2,16,17,18,19). The fourth-order valence-electron chi connectivity index (χ4n) is 1.78. The summed E-state index contributed by atoms with van der Waals surface area (Å²) in [4.78, 5) is 20.4. The van der Waals surface area contributed by atoms with Crippen LogP contribution in [-0.4, -0.2) is 22.4 Å². The molecule has 0 aliphatic carbocycles. The quantitative estimate of drug-likeness (QED) is 0.803. The molecule has 0 aromatic carbocycles. The second kappa shape index (κ2) is 4.29. The van der Waals surface area contributed by atoms with Crippen LogP contribution in [0.3, 0.4) is 0 Å². The summed E-state index contributed by atoms with van der Waals surface area (Å²) in [5.74, 6) is -0.313. The Bertz CT molecular complexity index is 533. The van der Waals surface area contributed by atoms with Crippen LogP contribution in [0.4, 0.5) is 4.39 Å². The molecule has 1 aromatic rings. The lowest BCUT2D eigenvalue weighted by Gasteiger charge is -2.21. The van der Waals surface area contributed by atoms with Gasteiger partial charge in [0.1, 0.15) is 5.82 Å². The van der Waals surface area contributed by atoms with Crippen molar-refractivity contribution in [3.8, 4) is 0 Å². The summed E-state index contributed by atoms with van der Waals surface area (Å²) in [7, 11) is 0. The first-order chi connectivity index (χ1) is 8.71. The van der Waals surface area contributed by atoms with Crippen LogP contribution in [0.25, 0.3) is 0 Å². The first-order valence-corrected chi connectivity index (χ1v) is 6.02. The SMILES string of the molecule is CC(C)(C)NC1=NC(C)(c2ccc(F)cn2)C(=O)N1. The molecule has 1 unspecified atom stereocenters. The molecule has 0 spiro atoms. The summed E-state index contributed by atoms with van der Waals surface area (Å²) in [6.07, 6.45) is 1.08. The monoisotopic (exact) mass is 264 g/mol. The second-order valence-electron chi connectivity index (χ2n) is 5.72. The van der Waals surface area contributed by atoms with Gasteiger partial charge in [-0.05, 0) is 39.8 Å². The highest BCUT2D eigenvalue weighted by molar-refractivity contribution is 6.07. The molecule has 1 atom stereocenters. The Morgan fingerprint density at radius 2 is 2.05 bits per heavy atom. The van der Waals surface area contributed by atoms with Crippen molar-refractivity contribution in [2.75, 3.05) is 0 Å². The first kappa shape index (κ1) is 13.5. The lowest BCUT2D eigenvalue weighted by atomic mass is 9.98. The van der Waals surface area contributed by atoms with Gasteiger partial charge in [-0.25, -0.2) is 9.38 Å². The minimum Gasteiger partial charge on any atom is -0.351 e. The zero-order valence-corrected chi connectivity index (χ0v) is 11.4. The molecular weight excluding hydrogens is 247 g/mol. The molecular formula is C13H17FN4O.